The molecule has 2 rings (SSSR count). The number of hydrogen-bond donors (Lipinski definition) is 1. The number of ether oxygens (including phenoxy) is 1. The van der Waals surface area contributed by atoms with E-state index in [2.05, 4.69) is 38.1 Å². The van der Waals surface area contributed by atoms with Gasteiger partial charge in [-0.3, -0.25) is 0 Å². The molecule has 2 aromatic carbocycles. The molecule has 2 heteroatoms. The van der Waals surface area contributed by atoms with E-state index in [0.29, 0.717) is 0 Å². The van der Waals surface area contributed by atoms with Gasteiger partial charge in [-0.05, 0) is 35.2 Å². The fraction of sp³-hybridized carbons (Fsp3) is 0.412. The molecule has 0 aliphatic carbocycles. The van der Waals surface area contributed by atoms with Crippen LogP contribution in [-0.2, 0) is 4.74 Å². The fourth-order valence-electron chi connectivity index (χ4n) is 2.72. The summed E-state index contributed by atoms with van der Waals surface area (Å²) in [5, 5.41) is 13.0. The first-order valence-electron chi connectivity index (χ1n) is 6.88. The number of aliphatic hydroxyl groups excluding tert-OH is 1. The van der Waals surface area contributed by atoms with E-state index in [4.69, 9.17) is 4.74 Å². The Kier molecular flexibility index (Phi) is 4.23. The van der Waals surface area contributed by atoms with Crippen LogP contribution in [0.25, 0.3) is 10.8 Å². The number of rotatable bonds is 5. The Bertz CT molecular complexity index is 535. The van der Waals surface area contributed by atoms with Gasteiger partial charge in [0.05, 0.1) is 5.60 Å². The first kappa shape index (κ1) is 14.0. The second-order valence-corrected chi connectivity index (χ2v) is 4.99. The van der Waals surface area contributed by atoms with Gasteiger partial charge in [0.1, 0.15) is 6.10 Å². The van der Waals surface area contributed by atoms with Gasteiger partial charge in [-0.2, -0.15) is 0 Å². The first-order chi connectivity index (χ1) is 9.16. The van der Waals surface area contributed by atoms with Crippen molar-refractivity contribution in [2.45, 2.75) is 38.4 Å². The molecule has 0 bridgehead atoms. The zero-order chi connectivity index (χ0) is 13.9. The average Bonchev–Trinajstić information content (AvgIpc) is 2.49. The van der Waals surface area contributed by atoms with Crippen molar-refractivity contribution in [1.82, 2.24) is 0 Å². The minimum Gasteiger partial charge on any atom is -0.385 e. The molecule has 0 amide bonds. The Labute approximate surface area is 115 Å². The quantitative estimate of drug-likeness (QED) is 0.875. The molecule has 0 heterocycles. The van der Waals surface area contributed by atoms with Crippen LogP contribution in [0.2, 0.25) is 0 Å². The third-order valence-electron chi connectivity index (χ3n) is 4.19. The van der Waals surface area contributed by atoms with Crippen molar-refractivity contribution < 1.29 is 9.84 Å². The van der Waals surface area contributed by atoms with Gasteiger partial charge in [-0.15, -0.1) is 0 Å². The molecule has 1 unspecified atom stereocenters. The Morgan fingerprint density at radius 2 is 1.68 bits per heavy atom. The molecule has 0 saturated carbocycles. The molecular formula is C17H22O2. The Morgan fingerprint density at radius 1 is 1.05 bits per heavy atom. The average molecular weight is 258 g/mol. The zero-order valence-corrected chi connectivity index (χ0v) is 11.9. The zero-order valence-electron chi connectivity index (χ0n) is 11.9. The molecule has 0 aliphatic heterocycles. The van der Waals surface area contributed by atoms with Crippen LogP contribution in [0.15, 0.2) is 42.5 Å². The van der Waals surface area contributed by atoms with Crippen LogP contribution in [0.3, 0.4) is 0 Å². The highest BCUT2D eigenvalue weighted by molar-refractivity contribution is 5.83. The molecule has 0 aromatic heterocycles. The Balaban J connectivity index is 2.43. The third-order valence-corrected chi connectivity index (χ3v) is 4.19. The molecule has 19 heavy (non-hydrogen) atoms. The molecule has 0 aliphatic rings. The molecule has 2 aromatic rings. The second-order valence-electron chi connectivity index (χ2n) is 4.99. The minimum atomic E-state index is -0.600. The van der Waals surface area contributed by atoms with Crippen LogP contribution in [0.4, 0.5) is 0 Å². The summed E-state index contributed by atoms with van der Waals surface area (Å²) < 4.78 is 5.61. The third kappa shape index (κ3) is 2.51. The van der Waals surface area contributed by atoms with Crippen molar-refractivity contribution in [1.29, 1.82) is 0 Å². The van der Waals surface area contributed by atoms with Gasteiger partial charge < -0.3 is 9.84 Å². The van der Waals surface area contributed by atoms with E-state index in [1.54, 1.807) is 7.11 Å². The molecule has 0 saturated heterocycles. The molecule has 0 spiro atoms. The summed E-state index contributed by atoms with van der Waals surface area (Å²) in [6, 6.07) is 14.3. The highest BCUT2D eigenvalue weighted by atomic mass is 16.5. The first-order valence-corrected chi connectivity index (χ1v) is 6.88. The van der Waals surface area contributed by atoms with E-state index in [-0.39, 0.29) is 0 Å². The summed E-state index contributed by atoms with van der Waals surface area (Å²) in [6.45, 7) is 4.11. The number of hydrogen-bond acceptors (Lipinski definition) is 2. The summed E-state index contributed by atoms with van der Waals surface area (Å²) in [4.78, 5) is 0. The number of aliphatic hydroxyl groups is 1. The highest BCUT2D eigenvalue weighted by Crippen LogP contribution is 2.35. The molecule has 102 valence electrons. The van der Waals surface area contributed by atoms with E-state index in [9.17, 15) is 5.11 Å². The lowest BCUT2D eigenvalue weighted by Crippen LogP contribution is -2.37. The van der Waals surface area contributed by atoms with Gasteiger partial charge in [-0.25, -0.2) is 0 Å². The molecule has 2 nitrogen and oxygen atoms in total. The molecule has 0 fully saturated rings. The molecular weight excluding hydrogens is 236 g/mol. The maximum Gasteiger partial charge on any atom is 0.108 e. The lowest BCUT2D eigenvalue weighted by atomic mass is 9.85. The SMILES string of the molecule is CCC(CC)(OC)C(O)c1ccc2ccccc2c1. The maximum absolute atomic E-state index is 10.7. The van der Waals surface area contributed by atoms with Crippen LogP contribution in [0.1, 0.15) is 38.4 Å². The number of benzene rings is 2. The summed E-state index contributed by atoms with van der Waals surface area (Å²) in [5.41, 5.74) is 0.423. The maximum atomic E-state index is 10.7. The molecule has 0 radical (unpaired) electrons. The van der Waals surface area contributed by atoms with Crippen LogP contribution < -0.4 is 0 Å². The van der Waals surface area contributed by atoms with E-state index in [1.807, 2.05) is 18.2 Å². The van der Waals surface area contributed by atoms with Gasteiger partial charge in [0.25, 0.3) is 0 Å². The van der Waals surface area contributed by atoms with Gasteiger partial charge in [0, 0.05) is 7.11 Å². The predicted molar refractivity (Wildman–Crippen MR) is 79.2 cm³/mol. The van der Waals surface area contributed by atoms with E-state index in [0.717, 1.165) is 23.8 Å². The van der Waals surface area contributed by atoms with Gasteiger partial charge >= 0.3 is 0 Å². The van der Waals surface area contributed by atoms with Crippen molar-refractivity contribution >= 4 is 10.8 Å². The van der Waals surface area contributed by atoms with Gasteiger partial charge in [-0.1, -0.05) is 50.2 Å². The van der Waals surface area contributed by atoms with Gasteiger partial charge in [0.15, 0.2) is 0 Å². The smallest absolute Gasteiger partial charge is 0.108 e. The minimum absolute atomic E-state index is 0.498. The van der Waals surface area contributed by atoms with Crippen molar-refractivity contribution in [3.63, 3.8) is 0 Å². The molecule has 1 N–H and O–H groups in total. The van der Waals surface area contributed by atoms with Gasteiger partial charge in [0.2, 0.25) is 0 Å². The van der Waals surface area contributed by atoms with E-state index >= 15 is 0 Å². The van der Waals surface area contributed by atoms with Crippen LogP contribution in [0.5, 0.6) is 0 Å². The normalized spacial score (nSPS) is 13.7. The predicted octanol–water partition coefficient (Wildman–Crippen LogP) is 4.08. The van der Waals surface area contributed by atoms with E-state index < -0.39 is 11.7 Å². The Hall–Kier alpha value is -1.38. The summed E-state index contributed by atoms with van der Waals surface area (Å²) in [7, 11) is 1.68. The lowest BCUT2D eigenvalue weighted by molar-refractivity contribution is -0.109. The topological polar surface area (TPSA) is 29.5 Å². The molecule has 1 atom stereocenters. The summed E-state index contributed by atoms with van der Waals surface area (Å²) in [6.07, 6.45) is 0.972. The van der Waals surface area contributed by atoms with Crippen molar-refractivity contribution in [3.8, 4) is 0 Å². The van der Waals surface area contributed by atoms with Crippen LogP contribution in [0, 0.1) is 0 Å². The summed E-state index contributed by atoms with van der Waals surface area (Å²) >= 11 is 0. The monoisotopic (exact) mass is 258 g/mol. The fourth-order valence-corrected chi connectivity index (χ4v) is 2.72. The van der Waals surface area contributed by atoms with E-state index in [1.165, 1.54) is 5.39 Å². The van der Waals surface area contributed by atoms with Crippen LogP contribution >= 0.6 is 0 Å². The number of fused-ring (bicyclic) bond motifs is 1. The standard InChI is InChI=1S/C17H22O2/c1-4-17(5-2,19-3)16(18)15-11-10-13-8-6-7-9-14(13)12-15/h6-12,16,18H,4-5H2,1-3H3. The lowest BCUT2D eigenvalue weighted by Gasteiger charge is -2.35. The summed E-state index contributed by atoms with van der Waals surface area (Å²) in [5.74, 6) is 0. The highest BCUT2D eigenvalue weighted by Gasteiger charge is 2.35. The van der Waals surface area contributed by atoms with Crippen molar-refractivity contribution in [2.75, 3.05) is 7.11 Å². The number of methoxy groups -OCH3 is 1. The largest absolute Gasteiger partial charge is 0.385 e. The van der Waals surface area contributed by atoms with Crippen LogP contribution in [-0.4, -0.2) is 17.8 Å². The Morgan fingerprint density at radius 3 is 2.26 bits per heavy atom. The second kappa shape index (κ2) is 5.72. The van der Waals surface area contributed by atoms with Crippen molar-refractivity contribution in [2.24, 2.45) is 0 Å². The van der Waals surface area contributed by atoms with Crippen molar-refractivity contribution in [3.05, 3.63) is 48.0 Å².